The van der Waals surface area contributed by atoms with E-state index in [-0.39, 0.29) is 6.04 Å². The monoisotopic (exact) mass is 205 g/mol. The molecule has 0 heterocycles. The van der Waals surface area contributed by atoms with Crippen molar-refractivity contribution in [1.82, 2.24) is 0 Å². The molecule has 1 aliphatic carbocycles. The summed E-state index contributed by atoms with van der Waals surface area (Å²) in [5.74, 6) is 1.64. The minimum atomic E-state index is 0.211. The van der Waals surface area contributed by atoms with Gasteiger partial charge in [0.1, 0.15) is 5.75 Å². The van der Waals surface area contributed by atoms with Crippen molar-refractivity contribution >= 4 is 0 Å². The topological polar surface area (TPSA) is 35.2 Å². The molecule has 2 heteroatoms. The van der Waals surface area contributed by atoms with Gasteiger partial charge in [0.25, 0.3) is 0 Å². The van der Waals surface area contributed by atoms with Gasteiger partial charge in [0.15, 0.2) is 0 Å². The van der Waals surface area contributed by atoms with E-state index in [1.165, 1.54) is 30.4 Å². The van der Waals surface area contributed by atoms with Crippen LogP contribution in [0.5, 0.6) is 5.75 Å². The molecule has 1 saturated carbocycles. The number of methoxy groups -OCH3 is 1. The van der Waals surface area contributed by atoms with Gasteiger partial charge in [0, 0.05) is 6.04 Å². The van der Waals surface area contributed by atoms with E-state index in [4.69, 9.17) is 10.5 Å². The first kappa shape index (κ1) is 10.5. The summed E-state index contributed by atoms with van der Waals surface area (Å²) in [7, 11) is 1.70. The van der Waals surface area contributed by atoms with Crippen LogP contribution in [-0.4, -0.2) is 7.11 Å². The Balaban J connectivity index is 2.17. The fourth-order valence-corrected chi connectivity index (χ4v) is 2.18. The van der Waals surface area contributed by atoms with Crippen LogP contribution in [0.3, 0.4) is 0 Å². The quantitative estimate of drug-likeness (QED) is 0.823. The predicted molar refractivity (Wildman–Crippen MR) is 62.0 cm³/mol. The van der Waals surface area contributed by atoms with Crippen LogP contribution in [0.1, 0.15) is 36.4 Å². The molecule has 1 aromatic carbocycles. The van der Waals surface area contributed by atoms with Gasteiger partial charge in [0.05, 0.1) is 7.11 Å². The maximum Gasteiger partial charge on any atom is 0.121 e. The van der Waals surface area contributed by atoms with Gasteiger partial charge in [0.2, 0.25) is 0 Å². The predicted octanol–water partition coefficient (Wildman–Crippen LogP) is 2.80. The third kappa shape index (κ3) is 2.00. The molecule has 82 valence electrons. The molecule has 0 bridgehead atoms. The van der Waals surface area contributed by atoms with E-state index in [1.54, 1.807) is 7.11 Å². The van der Waals surface area contributed by atoms with Gasteiger partial charge in [-0.25, -0.2) is 0 Å². The molecule has 15 heavy (non-hydrogen) atoms. The number of benzene rings is 1. The van der Waals surface area contributed by atoms with Crippen LogP contribution in [0.2, 0.25) is 0 Å². The van der Waals surface area contributed by atoms with Crippen LogP contribution >= 0.6 is 0 Å². The van der Waals surface area contributed by atoms with E-state index in [1.807, 2.05) is 6.07 Å². The highest BCUT2D eigenvalue weighted by Gasteiger charge is 2.25. The second kappa shape index (κ2) is 4.23. The Kier molecular flexibility index (Phi) is 2.96. The SMILES string of the molecule is COc1ccc([C@H](N)C2CCC2)cc1C. The molecule has 0 aromatic heterocycles. The normalized spacial score (nSPS) is 18.3. The van der Waals surface area contributed by atoms with Gasteiger partial charge in [-0.2, -0.15) is 0 Å². The first-order valence-corrected chi connectivity index (χ1v) is 5.62. The van der Waals surface area contributed by atoms with Crippen LogP contribution in [0.4, 0.5) is 0 Å². The summed E-state index contributed by atoms with van der Waals surface area (Å²) in [5.41, 5.74) is 8.64. The molecule has 0 aliphatic heterocycles. The standard InChI is InChI=1S/C13H19NO/c1-9-8-11(6-7-12(9)15-2)13(14)10-4-3-5-10/h6-8,10,13H,3-5,14H2,1-2H3/t13-/m1/s1. The highest BCUT2D eigenvalue weighted by Crippen LogP contribution is 2.36. The van der Waals surface area contributed by atoms with E-state index in [9.17, 15) is 0 Å². The fraction of sp³-hybridized carbons (Fsp3) is 0.538. The Morgan fingerprint density at radius 1 is 1.40 bits per heavy atom. The molecule has 0 amide bonds. The zero-order chi connectivity index (χ0) is 10.8. The van der Waals surface area contributed by atoms with Gasteiger partial charge >= 0.3 is 0 Å². The molecule has 2 nitrogen and oxygen atoms in total. The average Bonchev–Trinajstić information content (AvgIpc) is 2.15. The lowest BCUT2D eigenvalue weighted by atomic mass is 9.77. The van der Waals surface area contributed by atoms with Gasteiger partial charge in [-0.1, -0.05) is 18.6 Å². The molecule has 0 radical (unpaired) electrons. The third-order valence-corrected chi connectivity index (χ3v) is 3.46. The fourth-order valence-electron chi connectivity index (χ4n) is 2.18. The van der Waals surface area contributed by atoms with Crippen LogP contribution in [0.25, 0.3) is 0 Å². The van der Waals surface area contributed by atoms with Crippen molar-refractivity contribution in [3.05, 3.63) is 29.3 Å². The number of hydrogen-bond acceptors (Lipinski definition) is 2. The Hall–Kier alpha value is -1.02. The van der Waals surface area contributed by atoms with E-state index < -0.39 is 0 Å². The number of rotatable bonds is 3. The van der Waals surface area contributed by atoms with Crippen molar-refractivity contribution in [2.45, 2.75) is 32.2 Å². The zero-order valence-corrected chi connectivity index (χ0v) is 9.49. The lowest BCUT2D eigenvalue weighted by molar-refractivity contribution is 0.264. The highest BCUT2D eigenvalue weighted by molar-refractivity contribution is 5.37. The summed E-state index contributed by atoms with van der Waals surface area (Å²) in [4.78, 5) is 0. The van der Waals surface area contributed by atoms with Gasteiger partial charge < -0.3 is 10.5 Å². The first-order valence-electron chi connectivity index (χ1n) is 5.62. The van der Waals surface area contributed by atoms with Gasteiger partial charge in [-0.05, 0) is 42.9 Å². The van der Waals surface area contributed by atoms with Crippen molar-refractivity contribution < 1.29 is 4.74 Å². The summed E-state index contributed by atoms with van der Waals surface area (Å²) in [5, 5.41) is 0. The first-order chi connectivity index (χ1) is 7.22. The van der Waals surface area contributed by atoms with Crippen LogP contribution in [0.15, 0.2) is 18.2 Å². The Morgan fingerprint density at radius 3 is 2.60 bits per heavy atom. The van der Waals surface area contributed by atoms with Crippen molar-refractivity contribution in [2.75, 3.05) is 7.11 Å². The molecule has 1 aliphatic rings. The largest absolute Gasteiger partial charge is 0.496 e. The summed E-state index contributed by atoms with van der Waals surface area (Å²) >= 11 is 0. The summed E-state index contributed by atoms with van der Waals surface area (Å²) < 4.78 is 5.24. The molecule has 2 N–H and O–H groups in total. The number of aryl methyl sites for hydroxylation is 1. The van der Waals surface area contributed by atoms with Gasteiger partial charge in [-0.15, -0.1) is 0 Å². The molecule has 0 spiro atoms. The minimum Gasteiger partial charge on any atom is -0.496 e. The molecule has 2 rings (SSSR count). The maximum atomic E-state index is 6.22. The van der Waals surface area contributed by atoms with Crippen LogP contribution in [0, 0.1) is 12.8 Å². The molecule has 0 saturated heterocycles. The van der Waals surface area contributed by atoms with Crippen molar-refractivity contribution in [3.8, 4) is 5.75 Å². The van der Waals surface area contributed by atoms with Crippen LogP contribution < -0.4 is 10.5 Å². The van der Waals surface area contributed by atoms with Crippen LogP contribution in [-0.2, 0) is 0 Å². The molecule has 1 fully saturated rings. The molecule has 1 atom stereocenters. The molecular weight excluding hydrogens is 186 g/mol. The lowest BCUT2D eigenvalue weighted by Gasteiger charge is -2.31. The van der Waals surface area contributed by atoms with Gasteiger partial charge in [-0.3, -0.25) is 0 Å². The van der Waals surface area contributed by atoms with E-state index in [0.29, 0.717) is 5.92 Å². The minimum absolute atomic E-state index is 0.211. The highest BCUT2D eigenvalue weighted by atomic mass is 16.5. The average molecular weight is 205 g/mol. The van der Waals surface area contributed by atoms with E-state index in [0.717, 1.165) is 5.75 Å². The Bertz CT molecular complexity index is 344. The number of hydrogen-bond donors (Lipinski definition) is 1. The second-order valence-corrected chi connectivity index (χ2v) is 4.45. The van der Waals surface area contributed by atoms with Crippen molar-refractivity contribution in [2.24, 2.45) is 11.7 Å². The Morgan fingerprint density at radius 2 is 2.13 bits per heavy atom. The number of ether oxygens (including phenoxy) is 1. The molecule has 0 unspecified atom stereocenters. The summed E-state index contributed by atoms with van der Waals surface area (Å²) in [6.45, 7) is 2.07. The van der Waals surface area contributed by atoms with Crippen molar-refractivity contribution in [1.29, 1.82) is 0 Å². The van der Waals surface area contributed by atoms with E-state index in [2.05, 4.69) is 19.1 Å². The second-order valence-electron chi connectivity index (χ2n) is 4.45. The maximum absolute atomic E-state index is 6.22. The van der Waals surface area contributed by atoms with Crippen molar-refractivity contribution in [3.63, 3.8) is 0 Å². The molecular formula is C13H19NO. The smallest absolute Gasteiger partial charge is 0.121 e. The molecule has 1 aromatic rings. The summed E-state index contributed by atoms with van der Waals surface area (Å²) in [6.07, 6.45) is 3.91. The number of nitrogens with two attached hydrogens (primary N) is 1. The van der Waals surface area contributed by atoms with E-state index >= 15 is 0 Å². The Labute approximate surface area is 91.4 Å². The summed E-state index contributed by atoms with van der Waals surface area (Å²) in [6, 6.07) is 6.48. The lowest BCUT2D eigenvalue weighted by Crippen LogP contribution is -2.26. The third-order valence-electron chi connectivity index (χ3n) is 3.46. The zero-order valence-electron chi connectivity index (χ0n) is 9.49.